The highest BCUT2D eigenvalue weighted by Gasteiger charge is 2.19. The Labute approximate surface area is 132 Å². The van der Waals surface area contributed by atoms with E-state index in [1.807, 2.05) is 0 Å². The monoisotopic (exact) mass is 343 g/mol. The van der Waals surface area contributed by atoms with E-state index in [1.165, 1.54) is 11.4 Å². The molecule has 2 aromatic rings. The van der Waals surface area contributed by atoms with Gasteiger partial charge in [0.25, 0.3) is 0 Å². The molecule has 2 aromatic heterocycles. The van der Waals surface area contributed by atoms with Crippen LogP contribution in [0.3, 0.4) is 0 Å². The van der Waals surface area contributed by atoms with Crippen LogP contribution in [0, 0.1) is 5.92 Å². The number of hydrogen-bond acceptors (Lipinski definition) is 6. The Bertz CT molecular complexity index is 762. The SMILES string of the molecule is CC(C)Cc1cc(CNS(=O)(=O)c2cc(C(N)=O)cs2)on1. The summed E-state index contributed by atoms with van der Waals surface area (Å²) in [5, 5.41) is 5.30. The highest BCUT2D eigenvalue weighted by molar-refractivity contribution is 7.91. The van der Waals surface area contributed by atoms with Crippen LogP contribution in [0.4, 0.5) is 0 Å². The molecule has 0 aliphatic rings. The maximum Gasteiger partial charge on any atom is 0.250 e. The molecule has 2 heterocycles. The summed E-state index contributed by atoms with van der Waals surface area (Å²) in [6.07, 6.45) is 0.767. The maximum absolute atomic E-state index is 12.1. The fourth-order valence-electron chi connectivity index (χ4n) is 1.78. The topological polar surface area (TPSA) is 115 Å². The number of nitrogens with two attached hydrogens (primary N) is 1. The lowest BCUT2D eigenvalue weighted by atomic mass is 10.1. The molecule has 22 heavy (non-hydrogen) atoms. The lowest BCUT2D eigenvalue weighted by Crippen LogP contribution is -2.22. The largest absolute Gasteiger partial charge is 0.366 e. The van der Waals surface area contributed by atoms with Gasteiger partial charge < -0.3 is 10.3 Å². The second-order valence-electron chi connectivity index (χ2n) is 5.23. The van der Waals surface area contributed by atoms with Gasteiger partial charge in [-0.25, -0.2) is 13.1 Å². The van der Waals surface area contributed by atoms with Crippen LogP contribution in [0.2, 0.25) is 0 Å². The van der Waals surface area contributed by atoms with E-state index in [-0.39, 0.29) is 16.3 Å². The highest BCUT2D eigenvalue weighted by Crippen LogP contribution is 2.20. The first-order valence-corrected chi connectivity index (χ1v) is 8.96. The Morgan fingerprint density at radius 2 is 2.18 bits per heavy atom. The van der Waals surface area contributed by atoms with Crippen molar-refractivity contribution >= 4 is 27.3 Å². The zero-order valence-electron chi connectivity index (χ0n) is 12.2. The van der Waals surface area contributed by atoms with Gasteiger partial charge >= 0.3 is 0 Å². The minimum absolute atomic E-state index is 0.00274. The number of nitrogens with zero attached hydrogens (tertiary/aromatic N) is 1. The number of rotatable bonds is 7. The van der Waals surface area contributed by atoms with E-state index in [4.69, 9.17) is 10.3 Å². The lowest BCUT2D eigenvalue weighted by Gasteiger charge is -2.01. The van der Waals surface area contributed by atoms with Gasteiger partial charge in [-0.3, -0.25) is 4.79 Å². The molecule has 0 radical (unpaired) electrons. The van der Waals surface area contributed by atoms with Crippen molar-refractivity contribution in [2.45, 2.75) is 31.0 Å². The van der Waals surface area contributed by atoms with Crippen LogP contribution < -0.4 is 10.5 Å². The summed E-state index contributed by atoms with van der Waals surface area (Å²) in [5.74, 6) is 0.213. The smallest absolute Gasteiger partial charge is 0.250 e. The standard InChI is InChI=1S/C13H17N3O4S2/c1-8(2)3-10-5-11(20-16-10)6-15-22(18,19)12-4-9(7-21-12)13(14)17/h4-5,7-8,15H,3,6H2,1-2H3,(H2,14,17). The molecule has 2 rings (SSSR count). The number of aromatic nitrogens is 1. The van der Waals surface area contributed by atoms with Crippen LogP contribution in [0.25, 0.3) is 0 Å². The number of primary amides is 1. The Kier molecular flexibility index (Phi) is 4.99. The van der Waals surface area contributed by atoms with Crippen molar-refractivity contribution in [3.8, 4) is 0 Å². The molecule has 120 valence electrons. The fourth-order valence-corrected chi connectivity index (χ4v) is 3.98. The predicted octanol–water partition coefficient (Wildman–Crippen LogP) is 1.51. The number of nitrogens with one attached hydrogen (secondary N) is 1. The Hall–Kier alpha value is -1.71. The third-order valence-corrected chi connectivity index (χ3v) is 5.63. The quantitative estimate of drug-likeness (QED) is 0.790. The van der Waals surface area contributed by atoms with Gasteiger partial charge in [-0.05, 0) is 18.4 Å². The summed E-state index contributed by atoms with van der Waals surface area (Å²) in [6.45, 7) is 4.12. The van der Waals surface area contributed by atoms with Crippen LogP contribution in [-0.2, 0) is 23.0 Å². The van der Waals surface area contributed by atoms with E-state index in [1.54, 1.807) is 6.07 Å². The molecule has 0 aromatic carbocycles. The van der Waals surface area contributed by atoms with Crippen molar-refractivity contribution in [1.82, 2.24) is 9.88 Å². The first-order valence-electron chi connectivity index (χ1n) is 6.60. The highest BCUT2D eigenvalue weighted by atomic mass is 32.2. The normalized spacial score (nSPS) is 12.0. The van der Waals surface area contributed by atoms with Crippen LogP contribution in [0.5, 0.6) is 0 Å². The second-order valence-corrected chi connectivity index (χ2v) is 8.13. The van der Waals surface area contributed by atoms with Gasteiger partial charge in [0.05, 0.1) is 17.8 Å². The molecule has 0 saturated heterocycles. The fraction of sp³-hybridized carbons (Fsp3) is 0.385. The minimum atomic E-state index is -3.71. The summed E-state index contributed by atoms with van der Waals surface area (Å²) in [4.78, 5) is 11.0. The zero-order valence-corrected chi connectivity index (χ0v) is 13.8. The van der Waals surface area contributed by atoms with E-state index < -0.39 is 15.9 Å². The zero-order chi connectivity index (χ0) is 16.3. The molecule has 0 aliphatic carbocycles. The number of carbonyl (C=O) groups is 1. The Balaban J connectivity index is 2.02. The molecule has 0 fully saturated rings. The number of amides is 1. The summed E-state index contributed by atoms with van der Waals surface area (Å²) in [7, 11) is -3.71. The van der Waals surface area contributed by atoms with Gasteiger partial charge in [0.15, 0.2) is 5.76 Å². The van der Waals surface area contributed by atoms with Gasteiger partial charge in [-0.15, -0.1) is 11.3 Å². The molecule has 0 bridgehead atoms. The van der Waals surface area contributed by atoms with Gasteiger partial charge in [0, 0.05) is 11.4 Å². The molecule has 0 saturated carbocycles. The molecule has 0 atom stereocenters. The van der Waals surface area contributed by atoms with E-state index >= 15 is 0 Å². The second kappa shape index (κ2) is 6.59. The summed E-state index contributed by atoms with van der Waals surface area (Å²) < 4.78 is 31.8. The van der Waals surface area contributed by atoms with Crippen LogP contribution in [-0.4, -0.2) is 19.5 Å². The van der Waals surface area contributed by atoms with Crippen molar-refractivity contribution in [2.75, 3.05) is 0 Å². The van der Waals surface area contributed by atoms with E-state index in [9.17, 15) is 13.2 Å². The Morgan fingerprint density at radius 3 is 2.77 bits per heavy atom. The van der Waals surface area contributed by atoms with Crippen molar-refractivity contribution in [3.63, 3.8) is 0 Å². The molecule has 0 unspecified atom stereocenters. The summed E-state index contributed by atoms with van der Waals surface area (Å²) in [5.41, 5.74) is 6.07. The van der Waals surface area contributed by atoms with E-state index in [0.717, 1.165) is 23.5 Å². The number of thiophene rings is 1. The average molecular weight is 343 g/mol. The van der Waals surface area contributed by atoms with Gasteiger partial charge in [-0.2, -0.15) is 0 Å². The van der Waals surface area contributed by atoms with Crippen molar-refractivity contribution in [1.29, 1.82) is 0 Å². The van der Waals surface area contributed by atoms with Crippen LogP contribution in [0.15, 0.2) is 26.2 Å². The van der Waals surface area contributed by atoms with E-state index in [0.29, 0.717) is 11.7 Å². The third-order valence-electron chi connectivity index (χ3n) is 2.79. The van der Waals surface area contributed by atoms with E-state index in [2.05, 4.69) is 23.7 Å². The van der Waals surface area contributed by atoms with Crippen LogP contribution in [0.1, 0.15) is 35.7 Å². The molecule has 9 heteroatoms. The van der Waals surface area contributed by atoms with Gasteiger partial charge in [0.1, 0.15) is 4.21 Å². The minimum Gasteiger partial charge on any atom is -0.366 e. The number of sulfonamides is 1. The molecular formula is C13H17N3O4S2. The van der Waals surface area contributed by atoms with Crippen molar-refractivity contribution < 1.29 is 17.7 Å². The maximum atomic E-state index is 12.1. The lowest BCUT2D eigenvalue weighted by molar-refractivity contribution is 0.100. The number of carbonyl (C=O) groups excluding carboxylic acids is 1. The third kappa shape index (κ3) is 4.15. The molecule has 3 N–H and O–H groups in total. The van der Waals surface area contributed by atoms with Crippen molar-refractivity contribution in [2.24, 2.45) is 11.7 Å². The molecular weight excluding hydrogens is 326 g/mol. The summed E-state index contributed by atoms with van der Waals surface area (Å²) >= 11 is 0.936. The number of hydrogen-bond donors (Lipinski definition) is 2. The molecule has 7 nitrogen and oxygen atoms in total. The van der Waals surface area contributed by atoms with Gasteiger partial charge in [-0.1, -0.05) is 19.0 Å². The van der Waals surface area contributed by atoms with Crippen LogP contribution >= 0.6 is 11.3 Å². The average Bonchev–Trinajstić information content (AvgIpc) is 3.04. The van der Waals surface area contributed by atoms with Gasteiger partial charge in [0.2, 0.25) is 15.9 Å². The van der Waals surface area contributed by atoms with Crippen molar-refractivity contribution in [3.05, 3.63) is 34.5 Å². The predicted molar refractivity (Wildman–Crippen MR) is 81.9 cm³/mol. The first kappa shape index (κ1) is 16.7. The molecule has 0 spiro atoms. The Morgan fingerprint density at radius 1 is 1.45 bits per heavy atom. The summed E-state index contributed by atoms with van der Waals surface area (Å²) in [6, 6.07) is 2.98. The molecule has 1 amide bonds. The first-order chi connectivity index (χ1) is 10.3. The molecule has 0 aliphatic heterocycles.